The highest BCUT2D eigenvalue weighted by Gasteiger charge is 2.21. The van der Waals surface area contributed by atoms with Crippen LogP contribution in [-0.4, -0.2) is 17.6 Å². The molecular weight excluding hydrogens is 222 g/mol. The SMILES string of the molecule is CCCNc1cccc(NC2CCCCC2C)n1. The van der Waals surface area contributed by atoms with Crippen LogP contribution >= 0.6 is 0 Å². The topological polar surface area (TPSA) is 37.0 Å². The summed E-state index contributed by atoms with van der Waals surface area (Å²) in [4.78, 5) is 4.62. The van der Waals surface area contributed by atoms with E-state index in [4.69, 9.17) is 0 Å². The molecule has 1 aromatic heterocycles. The van der Waals surface area contributed by atoms with Crippen LogP contribution in [0.25, 0.3) is 0 Å². The van der Waals surface area contributed by atoms with Crippen LogP contribution in [0.4, 0.5) is 11.6 Å². The minimum atomic E-state index is 0.590. The van der Waals surface area contributed by atoms with E-state index in [2.05, 4.69) is 41.6 Å². The van der Waals surface area contributed by atoms with Crippen LogP contribution in [0.3, 0.4) is 0 Å². The molecule has 1 aliphatic carbocycles. The van der Waals surface area contributed by atoms with E-state index in [0.29, 0.717) is 6.04 Å². The predicted molar refractivity (Wildman–Crippen MR) is 78.1 cm³/mol. The van der Waals surface area contributed by atoms with Crippen molar-refractivity contribution in [2.24, 2.45) is 5.92 Å². The first-order valence-corrected chi connectivity index (χ1v) is 7.27. The van der Waals surface area contributed by atoms with Crippen molar-refractivity contribution < 1.29 is 0 Å². The highest BCUT2D eigenvalue weighted by atomic mass is 15.1. The molecule has 2 N–H and O–H groups in total. The molecule has 3 nitrogen and oxygen atoms in total. The van der Waals surface area contributed by atoms with Crippen molar-refractivity contribution in [3.05, 3.63) is 18.2 Å². The fraction of sp³-hybridized carbons (Fsp3) is 0.667. The molecule has 2 rings (SSSR count). The van der Waals surface area contributed by atoms with Crippen molar-refractivity contribution in [1.29, 1.82) is 0 Å². The summed E-state index contributed by atoms with van der Waals surface area (Å²) in [6.07, 6.45) is 6.46. The van der Waals surface area contributed by atoms with Gasteiger partial charge in [-0.25, -0.2) is 4.98 Å². The Hall–Kier alpha value is -1.25. The molecule has 1 aromatic rings. The van der Waals surface area contributed by atoms with Crippen LogP contribution in [-0.2, 0) is 0 Å². The zero-order valence-corrected chi connectivity index (χ0v) is 11.6. The lowest BCUT2D eigenvalue weighted by molar-refractivity contribution is 0.349. The van der Waals surface area contributed by atoms with Gasteiger partial charge in [-0.15, -0.1) is 0 Å². The number of nitrogens with zero attached hydrogens (tertiary/aromatic N) is 1. The van der Waals surface area contributed by atoms with Gasteiger partial charge in [-0.05, 0) is 37.3 Å². The van der Waals surface area contributed by atoms with Gasteiger partial charge >= 0.3 is 0 Å². The molecule has 1 aliphatic rings. The second-order valence-corrected chi connectivity index (χ2v) is 5.35. The van der Waals surface area contributed by atoms with E-state index in [1.165, 1.54) is 25.7 Å². The summed E-state index contributed by atoms with van der Waals surface area (Å²) in [5, 5.41) is 6.93. The monoisotopic (exact) mass is 247 g/mol. The Labute approximate surface area is 110 Å². The first-order valence-electron chi connectivity index (χ1n) is 7.27. The Balaban J connectivity index is 1.95. The molecule has 0 radical (unpaired) electrons. The van der Waals surface area contributed by atoms with Crippen LogP contribution in [0.2, 0.25) is 0 Å². The van der Waals surface area contributed by atoms with E-state index in [-0.39, 0.29) is 0 Å². The number of anilines is 2. The maximum atomic E-state index is 4.62. The smallest absolute Gasteiger partial charge is 0.128 e. The number of pyridine rings is 1. The maximum absolute atomic E-state index is 4.62. The highest BCUT2D eigenvalue weighted by molar-refractivity contribution is 5.45. The van der Waals surface area contributed by atoms with Crippen LogP contribution in [0.15, 0.2) is 18.2 Å². The van der Waals surface area contributed by atoms with Gasteiger partial charge in [0.2, 0.25) is 0 Å². The van der Waals surface area contributed by atoms with Gasteiger partial charge in [0.05, 0.1) is 0 Å². The van der Waals surface area contributed by atoms with Crippen molar-refractivity contribution in [2.45, 2.75) is 52.0 Å². The van der Waals surface area contributed by atoms with Crippen molar-refractivity contribution in [2.75, 3.05) is 17.2 Å². The maximum Gasteiger partial charge on any atom is 0.128 e. The van der Waals surface area contributed by atoms with E-state index in [0.717, 1.165) is 30.5 Å². The van der Waals surface area contributed by atoms with Gasteiger partial charge in [-0.1, -0.05) is 32.8 Å². The van der Waals surface area contributed by atoms with Gasteiger partial charge in [-0.2, -0.15) is 0 Å². The second-order valence-electron chi connectivity index (χ2n) is 5.35. The zero-order valence-electron chi connectivity index (χ0n) is 11.6. The van der Waals surface area contributed by atoms with Gasteiger partial charge < -0.3 is 10.6 Å². The molecule has 100 valence electrons. The largest absolute Gasteiger partial charge is 0.370 e. The first-order chi connectivity index (χ1) is 8.79. The Morgan fingerprint density at radius 2 is 2.00 bits per heavy atom. The van der Waals surface area contributed by atoms with Crippen LogP contribution in [0.1, 0.15) is 46.0 Å². The quantitative estimate of drug-likeness (QED) is 0.828. The highest BCUT2D eigenvalue weighted by Crippen LogP contribution is 2.26. The lowest BCUT2D eigenvalue weighted by atomic mass is 9.86. The molecule has 1 saturated carbocycles. The summed E-state index contributed by atoms with van der Waals surface area (Å²) in [5.74, 6) is 2.74. The molecule has 1 heterocycles. The van der Waals surface area contributed by atoms with Crippen molar-refractivity contribution in [3.63, 3.8) is 0 Å². The van der Waals surface area contributed by atoms with Crippen molar-refractivity contribution in [3.8, 4) is 0 Å². The summed E-state index contributed by atoms with van der Waals surface area (Å²) >= 11 is 0. The second kappa shape index (κ2) is 6.62. The molecule has 2 unspecified atom stereocenters. The number of rotatable bonds is 5. The molecule has 18 heavy (non-hydrogen) atoms. The van der Waals surface area contributed by atoms with E-state index in [1.54, 1.807) is 0 Å². The number of hydrogen-bond donors (Lipinski definition) is 2. The number of aromatic nitrogens is 1. The third kappa shape index (κ3) is 3.62. The number of nitrogens with one attached hydrogen (secondary N) is 2. The van der Waals surface area contributed by atoms with Gasteiger partial charge in [-0.3, -0.25) is 0 Å². The fourth-order valence-corrected chi connectivity index (χ4v) is 2.59. The molecule has 0 spiro atoms. The van der Waals surface area contributed by atoms with Gasteiger partial charge in [0.25, 0.3) is 0 Å². The average molecular weight is 247 g/mol. The third-order valence-corrected chi connectivity index (χ3v) is 3.75. The van der Waals surface area contributed by atoms with Crippen LogP contribution < -0.4 is 10.6 Å². The summed E-state index contributed by atoms with van der Waals surface area (Å²) in [6.45, 7) is 5.49. The minimum Gasteiger partial charge on any atom is -0.370 e. The minimum absolute atomic E-state index is 0.590. The van der Waals surface area contributed by atoms with E-state index >= 15 is 0 Å². The molecule has 2 atom stereocenters. The number of hydrogen-bond acceptors (Lipinski definition) is 3. The zero-order chi connectivity index (χ0) is 12.8. The average Bonchev–Trinajstić information content (AvgIpc) is 2.40. The third-order valence-electron chi connectivity index (χ3n) is 3.75. The van der Waals surface area contributed by atoms with Crippen LogP contribution in [0, 0.1) is 5.92 Å². The normalized spacial score (nSPS) is 23.7. The molecule has 0 saturated heterocycles. The van der Waals surface area contributed by atoms with Crippen molar-refractivity contribution >= 4 is 11.6 Å². The fourth-order valence-electron chi connectivity index (χ4n) is 2.59. The molecule has 0 amide bonds. The predicted octanol–water partition coefficient (Wildman–Crippen LogP) is 3.89. The molecular formula is C15H25N3. The summed E-state index contributed by atoms with van der Waals surface area (Å²) in [6, 6.07) is 6.76. The molecule has 0 aliphatic heterocycles. The molecule has 1 fully saturated rings. The van der Waals surface area contributed by atoms with E-state index < -0.39 is 0 Å². The molecule has 0 bridgehead atoms. The van der Waals surface area contributed by atoms with Gasteiger partial charge in [0.1, 0.15) is 11.6 Å². The first kappa shape index (κ1) is 13.2. The molecule has 0 aromatic carbocycles. The molecule has 3 heteroatoms. The van der Waals surface area contributed by atoms with Gasteiger partial charge in [0, 0.05) is 12.6 Å². The van der Waals surface area contributed by atoms with Crippen LogP contribution in [0.5, 0.6) is 0 Å². The summed E-state index contributed by atoms with van der Waals surface area (Å²) in [5.41, 5.74) is 0. The lowest BCUT2D eigenvalue weighted by Gasteiger charge is -2.30. The van der Waals surface area contributed by atoms with Crippen molar-refractivity contribution in [1.82, 2.24) is 4.98 Å². The Kier molecular flexibility index (Phi) is 4.85. The standard InChI is InChI=1S/C15H25N3/c1-3-11-16-14-9-6-10-15(18-14)17-13-8-5-4-7-12(13)2/h6,9-10,12-13H,3-5,7-8,11H2,1-2H3,(H2,16,17,18). The lowest BCUT2D eigenvalue weighted by Crippen LogP contribution is -2.30. The Morgan fingerprint density at radius 3 is 2.78 bits per heavy atom. The summed E-state index contributed by atoms with van der Waals surface area (Å²) in [7, 11) is 0. The van der Waals surface area contributed by atoms with Gasteiger partial charge in [0.15, 0.2) is 0 Å². The summed E-state index contributed by atoms with van der Waals surface area (Å²) < 4.78 is 0. The van der Waals surface area contributed by atoms with E-state index in [1.807, 2.05) is 6.07 Å². The van der Waals surface area contributed by atoms with E-state index in [9.17, 15) is 0 Å². The Morgan fingerprint density at radius 1 is 1.22 bits per heavy atom. The Bertz CT molecular complexity index is 365.